The topological polar surface area (TPSA) is 15.3 Å². The third-order valence-corrected chi connectivity index (χ3v) is 5.74. The molecule has 2 fully saturated rings. The highest BCUT2D eigenvalue weighted by Crippen LogP contribution is 2.41. The Hall–Kier alpha value is -0.0800. The van der Waals surface area contributed by atoms with E-state index in [1.807, 2.05) is 0 Å². The van der Waals surface area contributed by atoms with Gasteiger partial charge in [-0.2, -0.15) is 0 Å². The molecule has 0 radical (unpaired) electrons. The zero-order chi connectivity index (χ0) is 15.0. The first kappa shape index (κ1) is 16.3. The maximum absolute atomic E-state index is 3.76. The van der Waals surface area contributed by atoms with Crippen LogP contribution in [0.3, 0.4) is 0 Å². The number of hydrogen-bond acceptors (Lipinski definition) is 2. The Morgan fingerprint density at radius 1 is 1.20 bits per heavy atom. The van der Waals surface area contributed by atoms with Crippen LogP contribution in [-0.2, 0) is 0 Å². The standard InChI is InChI=1S/C18H36N2/c1-7-19-15-8-10-18(5,6)12-16(15)20-11-9-14(13-20)17(2,3)4/h14-16,19H,7-13H2,1-6H3. The van der Waals surface area contributed by atoms with Crippen molar-refractivity contribution >= 4 is 0 Å². The molecule has 0 aromatic heterocycles. The van der Waals surface area contributed by atoms with Crippen molar-refractivity contribution in [3.63, 3.8) is 0 Å². The number of nitrogens with zero attached hydrogens (tertiary/aromatic N) is 1. The lowest BCUT2D eigenvalue weighted by Gasteiger charge is -2.45. The predicted molar refractivity (Wildman–Crippen MR) is 88.0 cm³/mol. The third-order valence-electron chi connectivity index (χ3n) is 5.74. The summed E-state index contributed by atoms with van der Waals surface area (Å²) in [6.07, 6.45) is 5.47. The summed E-state index contributed by atoms with van der Waals surface area (Å²) in [4.78, 5) is 2.81. The number of hydrogen-bond donors (Lipinski definition) is 1. The zero-order valence-corrected chi connectivity index (χ0v) is 14.6. The normalized spacial score (nSPS) is 35.4. The summed E-state index contributed by atoms with van der Waals surface area (Å²) in [6, 6.07) is 1.47. The zero-order valence-electron chi connectivity index (χ0n) is 14.6. The van der Waals surface area contributed by atoms with Gasteiger partial charge in [0.25, 0.3) is 0 Å². The van der Waals surface area contributed by atoms with Gasteiger partial charge in [-0.05, 0) is 55.5 Å². The fourth-order valence-electron chi connectivity index (χ4n) is 4.23. The molecule has 1 saturated carbocycles. The lowest BCUT2D eigenvalue weighted by molar-refractivity contribution is 0.0739. The van der Waals surface area contributed by atoms with Crippen molar-refractivity contribution in [2.75, 3.05) is 19.6 Å². The molecule has 2 rings (SSSR count). The second-order valence-corrected chi connectivity index (χ2v) is 8.99. The van der Waals surface area contributed by atoms with Crippen molar-refractivity contribution in [1.82, 2.24) is 10.2 Å². The van der Waals surface area contributed by atoms with Gasteiger partial charge in [-0.25, -0.2) is 0 Å². The van der Waals surface area contributed by atoms with E-state index < -0.39 is 0 Å². The van der Waals surface area contributed by atoms with E-state index in [2.05, 4.69) is 51.8 Å². The van der Waals surface area contributed by atoms with Gasteiger partial charge in [0.1, 0.15) is 0 Å². The lowest BCUT2D eigenvalue weighted by Crippen LogP contribution is -2.54. The summed E-state index contributed by atoms with van der Waals surface area (Å²) in [6.45, 7) is 18.1. The van der Waals surface area contributed by atoms with Crippen LogP contribution in [0.2, 0.25) is 0 Å². The molecular formula is C18H36N2. The van der Waals surface area contributed by atoms with Crippen molar-refractivity contribution < 1.29 is 0 Å². The summed E-state index contributed by atoms with van der Waals surface area (Å²) in [5, 5.41) is 3.76. The molecule has 1 saturated heterocycles. The van der Waals surface area contributed by atoms with Gasteiger partial charge < -0.3 is 5.32 Å². The first-order valence-electron chi connectivity index (χ1n) is 8.70. The SMILES string of the molecule is CCNC1CCC(C)(C)CC1N1CCC(C(C)(C)C)C1. The predicted octanol–water partition coefficient (Wildman–Crippen LogP) is 3.91. The van der Waals surface area contributed by atoms with Crippen LogP contribution >= 0.6 is 0 Å². The summed E-state index contributed by atoms with van der Waals surface area (Å²) in [5.41, 5.74) is 0.989. The molecule has 1 aliphatic heterocycles. The molecule has 3 unspecified atom stereocenters. The van der Waals surface area contributed by atoms with Gasteiger partial charge in [-0.3, -0.25) is 4.90 Å². The van der Waals surface area contributed by atoms with Gasteiger partial charge in [0, 0.05) is 18.6 Å². The van der Waals surface area contributed by atoms with E-state index >= 15 is 0 Å². The summed E-state index contributed by atoms with van der Waals surface area (Å²) in [7, 11) is 0. The van der Waals surface area contributed by atoms with Crippen LogP contribution in [0.25, 0.3) is 0 Å². The molecule has 0 bridgehead atoms. The van der Waals surface area contributed by atoms with Crippen molar-refractivity contribution in [2.45, 2.75) is 79.3 Å². The summed E-state index contributed by atoms with van der Waals surface area (Å²) >= 11 is 0. The molecule has 2 heteroatoms. The first-order chi connectivity index (χ1) is 9.23. The Balaban J connectivity index is 2.04. The van der Waals surface area contributed by atoms with Crippen LogP contribution in [0.5, 0.6) is 0 Å². The number of nitrogens with one attached hydrogen (secondary N) is 1. The minimum Gasteiger partial charge on any atom is -0.313 e. The van der Waals surface area contributed by atoms with Crippen LogP contribution in [0, 0.1) is 16.7 Å². The molecule has 0 amide bonds. The average molecular weight is 280 g/mol. The summed E-state index contributed by atoms with van der Waals surface area (Å²) < 4.78 is 0. The fourth-order valence-corrected chi connectivity index (χ4v) is 4.23. The van der Waals surface area contributed by atoms with E-state index in [0.29, 0.717) is 16.9 Å². The molecule has 1 heterocycles. The molecule has 20 heavy (non-hydrogen) atoms. The quantitative estimate of drug-likeness (QED) is 0.843. The van der Waals surface area contributed by atoms with E-state index in [0.717, 1.165) is 18.5 Å². The van der Waals surface area contributed by atoms with E-state index in [4.69, 9.17) is 0 Å². The lowest BCUT2D eigenvalue weighted by atomic mass is 9.72. The maximum atomic E-state index is 3.76. The summed E-state index contributed by atoms with van der Waals surface area (Å²) in [5.74, 6) is 0.870. The van der Waals surface area contributed by atoms with Gasteiger partial charge in [-0.1, -0.05) is 41.5 Å². The van der Waals surface area contributed by atoms with Crippen molar-refractivity contribution in [3.8, 4) is 0 Å². The smallest absolute Gasteiger partial charge is 0.0254 e. The number of likely N-dealkylation sites (tertiary alicyclic amines) is 1. The number of rotatable bonds is 3. The van der Waals surface area contributed by atoms with Gasteiger partial charge in [0.15, 0.2) is 0 Å². The van der Waals surface area contributed by atoms with E-state index in [1.54, 1.807) is 0 Å². The largest absolute Gasteiger partial charge is 0.313 e. The maximum Gasteiger partial charge on any atom is 0.0254 e. The van der Waals surface area contributed by atoms with Crippen molar-refractivity contribution in [2.24, 2.45) is 16.7 Å². The molecular weight excluding hydrogens is 244 g/mol. The molecule has 3 atom stereocenters. The van der Waals surface area contributed by atoms with Crippen LogP contribution in [0.4, 0.5) is 0 Å². The highest BCUT2D eigenvalue weighted by Gasteiger charge is 2.41. The highest BCUT2D eigenvalue weighted by atomic mass is 15.2. The Bertz CT molecular complexity index is 316. The van der Waals surface area contributed by atoms with E-state index in [-0.39, 0.29) is 0 Å². The van der Waals surface area contributed by atoms with Gasteiger partial charge in [0.05, 0.1) is 0 Å². The highest BCUT2D eigenvalue weighted by molar-refractivity contribution is 4.97. The van der Waals surface area contributed by atoms with Crippen LogP contribution in [0.15, 0.2) is 0 Å². The Labute approximate surface area is 126 Å². The molecule has 2 nitrogen and oxygen atoms in total. The van der Waals surface area contributed by atoms with Gasteiger partial charge in [-0.15, -0.1) is 0 Å². The van der Waals surface area contributed by atoms with Crippen LogP contribution < -0.4 is 5.32 Å². The van der Waals surface area contributed by atoms with Crippen LogP contribution in [0.1, 0.15) is 67.2 Å². The van der Waals surface area contributed by atoms with Crippen LogP contribution in [-0.4, -0.2) is 36.6 Å². The minimum absolute atomic E-state index is 0.465. The average Bonchev–Trinajstić information content (AvgIpc) is 2.80. The molecule has 0 aromatic carbocycles. The van der Waals surface area contributed by atoms with Crippen molar-refractivity contribution in [3.05, 3.63) is 0 Å². The molecule has 0 spiro atoms. The molecule has 2 aliphatic rings. The molecule has 1 aliphatic carbocycles. The Morgan fingerprint density at radius 3 is 2.45 bits per heavy atom. The molecule has 1 N–H and O–H groups in total. The van der Waals surface area contributed by atoms with E-state index in [1.165, 1.54) is 38.8 Å². The Morgan fingerprint density at radius 2 is 1.90 bits per heavy atom. The fraction of sp³-hybridized carbons (Fsp3) is 1.00. The second kappa shape index (κ2) is 5.96. The van der Waals surface area contributed by atoms with Gasteiger partial charge in [0.2, 0.25) is 0 Å². The monoisotopic (exact) mass is 280 g/mol. The number of likely N-dealkylation sites (N-methyl/N-ethyl adjacent to an activating group) is 1. The third kappa shape index (κ3) is 3.76. The minimum atomic E-state index is 0.465. The first-order valence-corrected chi connectivity index (χ1v) is 8.70. The van der Waals surface area contributed by atoms with Gasteiger partial charge >= 0.3 is 0 Å². The Kier molecular flexibility index (Phi) is 4.86. The molecule has 118 valence electrons. The van der Waals surface area contributed by atoms with E-state index in [9.17, 15) is 0 Å². The molecule has 0 aromatic rings. The van der Waals surface area contributed by atoms with Crippen molar-refractivity contribution in [1.29, 1.82) is 0 Å². The second-order valence-electron chi connectivity index (χ2n) is 8.99.